The summed E-state index contributed by atoms with van der Waals surface area (Å²) < 4.78 is 44.6. The summed E-state index contributed by atoms with van der Waals surface area (Å²) in [6, 6.07) is 18.2. The topological polar surface area (TPSA) is 61.6 Å². The number of fused-ring (bicyclic) bond motifs is 1. The molecule has 1 amide bonds. The Morgan fingerprint density at radius 3 is 2.46 bits per heavy atom. The smallest absolute Gasteiger partial charge is 0.416 e. The largest absolute Gasteiger partial charge is 0.467 e. The van der Waals surface area contributed by atoms with Crippen LogP contribution in [0.15, 0.2) is 77.4 Å². The molecule has 4 aromatic rings. The number of pyridine rings is 1. The number of carbonyl (C=O) groups excluding carboxylic acids is 1. The average Bonchev–Trinajstić information content (AvgIpc) is 3.40. The Kier molecular flexibility index (Phi) is 6.07. The number of hydrogen-bond acceptors (Lipinski definition) is 5. The molecule has 1 fully saturated rings. The lowest BCUT2D eigenvalue weighted by atomic mass is 10.1. The molecule has 0 bridgehead atoms. The molecule has 1 aliphatic rings. The second-order valence-electron chi connectivity index (χ2n) is 8.33. The molecule has 35 heavy (non-hydrogen) atoms. The molecule has 0 radical (unpaired) electrons. The van der Waals surface area contributed by atoms with E-state index in [4.69, 9.17) is 9.40 Å². The highest BCUT2D eigenvalue weighted by Crippen LogP contribution is 2.32. The van der Waals surface area contributed by atoms with E-state index in [1.165, 1.54) is 12.1 Å². The molecule has 0 unspecified atom stereocenters. The molecule has 6 nitrogen and oxygen atoms in total. The van der Waals surface area contributed by atoms with Crippen molar-refractivity contribution < 1.29 is 22.4 Å². The van der Waals surface area contributed by atoms with E-state index in [2.05, 4.69) is 10.2 Å². The first-order valence-corrected chi connectivity index (χ1v) is 11.3. The van der Waals surface area contributed by atoms with Crippen molar-refractivity contribution in [1.29, 1.82) is 0 Å². The van der Waals surface area contributed by atoms with E-state index in [1.807, 2.05) is 29.2 Å². The van der Waals surface area contributed by atoms with Crippen LogP contribution < -0.4 is 15.1 Å². The van der Waals surface area contributed by atoms with Gasteiger partial charge in [0.15, 0.2) is 0 Å². The van der Waals surface area contributed by atoms with Crippen molar-refractivity contribution >= 4 is 28.3 Å². The van der Waals surface area contributed by atoms with E-state index in [-0.39, 0.29) is 12.5 Å². The van der Waals surface area contributed by atoms with Crippen molar-refractivity contribution in [3.05, 3.63) is 89.9 Å². The van der Waals surface area contributed by atoms with Gasteiger partial charge in [0.25, 0.3) is 5.91 Å². The molecule has 1 saturated heterocycles. The highest BCUT2D eigenvalue weighted by molar-refractivity contribution is 6.07. The van der Waals surface area contributed by atoms with Crippen molar-refractivity contribution in [2.45, 2.75) is 12.7 Å². The molecule has 180 valence electrons. The number of nitrogens with one attached hydrogen (secondary N) is 1. The van der Waals surface area contributed by atoms with E-state index in [0.29, 0.717) is 54.5 Å². The van der Waals surface area contributed by atoms with Crippen molar-refractivity contribution in [1.82, 2.24) is 10.3 Å². The number of amides is 1. The summed E-state index contributed by atoms with van der Waals surface area (Å²) in [4.78, 5) is 21.8. The van der Waals surface area contributed by atoms with Gasteiger partial charge in [-0.2, -0.15) is 13.2 Å². The minimum absolute atomic E-state index is 0.233. The Morgan fingerprint density at radius 1 is 0.943 bits per heavy atom. The molecule has 0 saturated carbocycles. The number of aromatic nitrogens is 1. The molecule has 0 aliphatic carbocycles. The minimum atomic E-state index is -4.37. The third-order valence-electron chi connectivity index (χ3n) is 6.09. The van der Waals surface area contributed by atoms with Gasteiger partial charge in [0.2, 0.25) is 0 Å². The zero-order valence-electron chi connectivity index (χ0n) is 18.8. The molecule has 1 N–H and O–H groups in total. The molecule has 3 heterocycles. The lowest BCUT2D eigenvalue weighted by molar-refractivity contribution is -0.137. The predicted octanol–water partition coefficient (Wildman–Crippen LogP) is 5.10. The second kappa shape index (κ2) is 9.32. The second-order valence-corrected chi connectivity index (χ2v) is 8.33. The fraction of sp³-hybridized carbons (Fsp3) is 0.231. The number of piperazine rings is 1. The number of rotatable bonds is 5. The standard InChI is InChI=1S/C26H23F3N4O2/c27-26(28,29)18-5-3-6-19(15-18)32-10-12-33(13-11-32)24-16-22(21-8-1-2-9-23(21)31-24)25(34)30-17-20-7-4-14-35-20/h1-9,14-16H,10-13,17H2,(H,30,34). The zero-order valence-corrected chi connectivity index (χ0v) is 18.8. The normalized spacial score (nSPS) is 14.4. The molecular formula is C26H23F3N4O2. The molecule has 1 aliphatic heterocycles. The summed E-state index contributed by atoms with van der Waals surface area (Å²) >= 11 is 0. The number of para-hydroxylation sites is 1. The Labute approximate surface area is 200 Å². The van der Waals surface area contributed by atoms with Crippen LogP contribution >= 0.6 is 0 Å². The number of alkyl halides is 3. The number of anilines is 2. The van der Waals surface area contributed by atoms with Gasteiger partial charge in [-0.3, -0.25) is 4.79 Å². The first-order valence-electron chi connectivity index (χ1n) is 11.3. The van der Waals surface area contributed by atoms with Gasteiger partial charge in [0.05, 0.1) is 29.5 Å². The summed E-state index contributed by atoms with van der Waals surface area (Å²) in [5.41, 5.74) is 1.11. The van der Waals surface area contributed by atoms with Crippen LogP contribution in [-0.2, 0) is 12.7 Å². The Bertz CT molecular complexity index is 1330. The quantitative estimate of drug-likeness (QED) is 0.431. The van der Waals surface area contributed by atoms with Gasteiger partial charge in [-0.1, -0.05) is 24.3 Å². The van der Waals surface area contributed by atoms with Crippen LogP contribution in [0.4, 0.5) is 24.7 Å². The first kappa shape index (κ1) is 22.8. The van der Waals surface area contributed by atoms with Crippen LogP contribution in [0.5, 0.6) is 0 Å². The molecular weight excluding hydrogens is 457 g/mol. The Morgan fingerprint density at radius 2 is 1.71 bits per heavy atom. The van der Waals surface area contributed by atoms with Crippen molar-refractivity contribution in [3.63, 3.8) is 0 Å². The van der Waals surface area contributed by atoms with E-state index in [0.717, 1.165) is 11.5 Å². The van der Waals surface area contributed by atoms with E-state index >= 15 is 0 Å². The van der Waals surface area contributed by atoms with E-state index < -0.39 is 11.7 Å². The van der Waals surface area contributed by atoms with E-state index in [1.54, 1.807) is 30.5 Å². The number of nitrogens with zero attached hydrogens (tertiary/aromatic N) is 3. The third kappa shape index (κ3) is 4.94. The molecule has 2 aromatic carbocycles. The summed E-state index contributed by atoms with van der Waals surface area (Å²) in [6.45, 7) is 2.48. The minimum Gasteiger partial charge on any atom is -0.467 e. The van der Waals surface area contributed by atoms with E-state index in [9.17, 15) is 18.0 Å². The van der Waals surface area contributed by atoms with Crippen LogP contribution in [0.25, 0.3) is 10.9 Å². The van der Waals surface area contributed by atoms with Crippen LogP contribution in [0.3, 0.4) is 0 Å². The summed E-state index contributed by atoms with van der Waals surface area (Å²) in [5, 5.41) is 3.64. The third-order valence-corrected chi connectivity index (χ3v) is 6.09. The highest BCUT2D eigenvalue weighted by atomic mass is 19.4. The van der Waals surface area contributed by atoms with Crippen molar-refractivity contribution in [2.24, 2.45) is 0 Å². The van der Waals surface area contributed by atoms with Crippen molar-refractivity contribution in [3.8, 4) is 0 Å². The number of furan rings is 1. The fourth-order valence-electron chi connectivity index (χ4n) is 4.26. The zero-order chi connectivity index (χ0) is 24.4. The van der Waals surface area contributed by atoms with Crippen LogP contribution in [-0.4, -0.2) is 37.1 Å². The fourth-order valence-corrected chi connectivity index (χ4v) is 4.26. The molecule has 2 aromatic heterocycles. The van der Waals surface area contributed by atoms with Gasteiger partial charge >= 0.3 is 6.18 Å². The van der Waals surface area contributed by atoms with Crippen LogP contribution in [0.2, 0.25) is 0 Å². The predicted molar refractivity (Wildman–Crippen MR) is 127 cm³/mol. The lowest BCUT2D eigenvalue weighted by Crippen LogP contribution is -2.47. The van der Waals surface area contributed by atoms with Gasteiger partial charge in [0, 0.05) is 37.3 Å². The SMILES string of the molecule is O=C(NCc1ccco1)c1cc(N2CCN(c3cccc(C(F)(F)F)c3)CC2)nc2ccccc12. The Hall–Kier alpha value is -4.01. The van der Waals surface area contributed by atoms with Crippen molar-refractivity contribution in [2.75, 3.05) is 36.0 Å². The molecule has 9 heteroatoms. The van der Waals surface area contributed by atoms with Gasteiger partial charge in [0.1, 0.15) is 11.6 Å². The maximum absolute atomic E-state index is 13.1. The van der Waals surface area contributed by atoms with Crippen LogP contribution in [0, 0.1) is 0 Å². The van der Waals surface area contributed by atoms with Gasteiger partial charge in [-0.05, 0) is 42.5 Å². The molecule has 0 spiro atoms. The van der Waals surface area contributed by atoms with Gasteiger partial charge in [-0.25, -0.2) is 4.98 Å². The monoisotopic (exact) mass is 480 g/mol. The van der Waals surface area contributed by atoms with Gasteiger partial charge < -0.3 is 19.5 Å². The maximum atomic E-state index is 13.1. The molecule has 0 atom stereocenters. The number of benzene rings is 2. The summed E-state index contributed by atoms with van der Waals surface area (Å²) in [5.74, 6) is 1.09. The lowest BCUT2D eigenvalue weighted by Gasteiger charge is -2.37. The molecule has 5 rings (SSSR count). The van der Waals surface area contributed by atoms with Crippen LogP contribution in [0.1, 0.15) is 21.7 Å². The number of halogens is 3. The summed E-state index contributed by atoms with van der Waals surface area (Å²) in [7, 11) is 0. The first-order chi connectivity index (χ1) is 16.9. The number of hydrogen-bond donors (Lipinski definition) is 1. The highest BCUT2D eigenvalue weighted by Gasteiger charge is 2.31. The maximum Gasteiger partial charge on any atom is 0.416 e. The van der Waals surface area contributed by atoms with Gasteiger partial charge in [-0.15, -0.1) is 0 Å². The summed E-state index contributed by atoms with van der Waals surface area (Å²) in [6.07, 6.45) is -2.82. The Balaban J connectivity index is 1.35. The number of carbonyl (C=O) groups is 1. The average molecular weight is 480 g/mol.